The average molecular weight is 757 g/mol. The van der Waals surface area contributed by atoms with E-state index in [1.807, 2.05) is 0 Å². The monoisotopic (exact) mass is 756 g/mol. The van der Waals surface area contributed by atoms with Gasteiger partial charge in [-0.15, -0.1) is 0 Å². The first-order chi connectivity index (χ1) is 24.1. The van der Waals surface area contributed by atoms with Crippen LogP contribution in [0.2, 0.25) is 0 Å². The number of hydrogen-bond acceptors (Lipinski definition) is 22. The molecule has 0 aliphatic heterocycles. The first-order valence-corrected chi connectivity index (χ1v) is 16.8. The fraction of sp³-hybridized carbons (Fsp3) is 1.00. The topological polar surface area (TPSA) is 381 Å². The van der Waals surface area contributed by atoms with Gasteiger partial charge in [0.15, 0.2) is 0 Å². The lowest BCUT2D eigenvalue weighted by molar-refractivity contribution is -0.168. The van der Waals surface area contributed by atoms with E-state index in [4.69, 9.17) is 25.0 Å². The zero-order valence-electron chi connectivity index (χ0n) is 29.0. The third-order valence-electron chi connectivity index (χ3n) is 8.65. The molecule has 0 saturated carbocycles. The summed E-state index contributed by atoms with van der Waals surface area (Å²) in [5.74, 6) is 0. The van der Waals surface area contributed by atoms with Gasteiger partial charge >= 0.3 is 0 Å². The summed E-state index contributed by atoms with van der Waals surface area (Å²) in [7, 11) is 1.72. The molecule has 0 bridgehead atoms. The number of nitrogens with one attached hydrogen (secondary N) is 3. The van der Waals surface area contributed by atoms with Gasteiger partial charge in [-0.05, 0) is 45.6 Å². The van der Waals surface area contributed by atoms with E-state index in [1.165, 1.54) is 0 Å². The minimum Gasteiger partial charge on any atom is -0.394 e. The van der Waals surface area contributed by atoms with Crippen LogP contribution in [-0.2, 0) is 9.68 Å². The van der Waals surface area contributed by atoms with Gasteiger partial charge in [-0.1, -0.05) is 0 Å². The Morgan fingerprint density at radius 3 is 1.22 bits per heavy atom. The lowest BCUT2D eigenvalue weighted by Crippen LogP contribution is -2.53. The predicted octanol–water partition coefficient (Wildman–Crippen LogP) is -9.16. The highest BCUT2D eigenvalue weighted by Crippen LogP contribution is 2.26. The van der Waals surface area contributed by atoms with Crippen molar-refractivity contribution in [1.82, 2.24) is 21.2 Å². The van der Waals surface area contributed by atoms with Crippen molar-refractivity contribution in [3.8, 4) is 0 Å². The predicted molar refractivity (Wildman–Crippen MR) is 175 cm³/mol. The molecule has 0 amide bonds. The van der Waals surface area contributed by atoms with Crippen molar-refractivity contribution in [2.24, 2.45) is 0 Å². The highest BCUT2D eigenvalue weighted by Gasteiger charge is 2.35. The summed E-state index contributed by atoms with van der Waals surface area (Å²) in [6.07, 6.45) is -18.2. The minimum absolute atomic E-state index is 0.0386. The number of hydrogen-bond donors (Lipinski definition) is 19. The SMILES string of the molecule is CNC(CCCNOCC(O)C(O)C(O)C(O)CO)(CCCNOCC(O)C(O)C(O)C(O)CO)CCCN(CO)C(O)C(O)C(O)C(O)CO. The van der Waals surface area contributed by atoms with E-state index in [9.17, 15) is 66.4 Å². The Morgan fingerprint density at radius 1 is 0.510 bits per heavy atom. The molecular weight excluding hydrogens is 692 g/mol. The molecule has 0 rings (SSSR count). The molecular formula is C29H64N4O18. The van der Waals surface area contributed by atoms with Gasteiger partial charge in [0, 0.05) is 25.2 Å². The quantitative estimate of drug-likeness (QED) is 0.0168. The maximum atomic E-state index is 10.5. The normalized spacial score (nSPS) is 20.8. The molecule has 0 saturated heterocycles. The highest BCUT2D eigenvalue weighted by molar-refractivity contribution is 4.88. The Labute approximate surface area is 296 Å². The molecule has 19 N–H and O–H groups in total. The molecule has 0 aromatic rings. The van der Waals surface area contributed by atoms with Crippen LogP contribution in [0.25, 0.3) is 0 Å². The second-order valence-corrected chi connectivity index (χ2v) is 12.4. The van der Waals surface area contributed by atoms with E-state index < -0.39 is 119 Å². The minimum atomic E-state index is -1.91. The maximum absolute atomic E-state index is 10.5. The Hall–Kier alpha value is -0.880. The van der Waals surface area contributed by atoms with Crippen LogP contribution in [0, 0.1) is 0 Å². The van der Waals surface area contributed by atoms with Crippen LogP contribution in [0.15, 0.2) is 0 Å². The smallest absolute Gasteiger partial charge is 0.138 e. The summed E-state index contributed by atoms with van der Waals surface area (Å²) in [5, 5.41) is 158. The standard InChI is InChI=1S/C29H64N4O18/c1-30-29(5-2-8-31-50-14-20(41)25(46)22(43)17(38)11-34,6-3-9-32-51-15-21(42)26(47)23(44)18(39)12-35)7-4-10-33(16-37)28(49)27(48)24(45)19(40)13-36/h17-28,30-32,34-49H,2-16H2,1H3. The van der Waals surface area contributed by atoms with Crippen LogP contribution < -0.4 is 16.3 Å². The second kappa shape index (κ2) is 27.7. The number of aliphatic hydroxyl groups is 16. The molecule has 22 heteroatoms. The van der Waals surface area contributed by atoms with Crippen molar-refractivity contribution < 1.29 is 91.4 Å². The first-order valence-electron chi connectivity index (χ1n) is 16.8. The van der Waals surface area contributed by atoms with E-state index in [2.05, 4.69) is 16.3 Å². The molecule has 0 radical (unpaired) electrons. The number of nitrogens with zero attached hydrogens (tertiary/aromatic N) is 1. The molecule has 0 aromatic heterocycles. The summed E-state index contributed by atoms with van der Waals surface area (Å²) in [4.78, 5) is 11.4. The molecule has 0 heterocycles. The Balaban J connectivity index is 5.23. The Morgan fingerprint density at radius 2 is 0.863 bits per heavy atom. The zero-order valence-corrected chi connectivity index (χ0v) is 29.0. The summed E-state index contributed by atoms with van der Waals surface area (Å²) < 4.78 is 0. The molecule has 0 aromatic carbocycles. The fourth-order valence-corrected chi connectivity index (χ4v) is 5.14. The van der Waals surface area contributed by atoms with Crippen molar-refractivity contribution in [2.75, 3.05) is 66.4 Å². The number of hydroxylamine groups is 2. The van der Waals surface area contributed by atoms with Gasteiger partial charge < -0.3 is 87.0 Å². The van der Waals surface area contributed by atoms with Crippen molar-refractivity contribution >= 4 is 0 Å². The molecule has 0 fully saturated rings. The van der Waals surface area contributed by atoms with Crippen LogP contribution in [0.5, 0.6) is 0 Å². The lowest BCUT2D eigenvalue weighted by atomic mass is 9.83. The first kappa shape index (κ1) is 50.1. The maximum Gasteiger partial charge on any atom is 0.138 e. The molecule has 12 unspecified atom stereocenters. The van der Waals surface area contributed by atoms with Crippen LogP contribution in [-0.4, -0.2) is 232 Å². The highest BCUT2D eigenvalue weighted by atomic mass is 16.7. The van der Waals surface area contributed by atoms with Gasteiger partial charge in [-0.3, -0.25) is 14.6 Å². The zero-order chi connectivity index (χ0) is 39.1. The van der Waals surface area contributed by atoms with Gasteiger partial charge in [0.1, 0.15) is 73.4 Å². The van der Waals surface area contributed by atoms with Crippen molar-refractivity contribution in [2.45, 2.75) is 117 Å². The van der Waals surface area contributed by atoms with Gasteiger partial charge in [0.25, 0.3) is 0 Å². The van der Waals surface area contributed by atoms with Crippen LogP contribution in [0.1, 0.15) is 38.5 Å². The largest absolute Gasteiger partial charge is 0.394 e. The van der Waals surface area contributed by atoms with E-state index in [0.717, 1.165) is 4.90 Å². The van der Waals surface area contributed by atoms with Gasteiger partial charge in [0.2, 0.25) is 0 Å². The summed E-state index contributed by atoms with van der Waals surface area (Å²) in [6.45, 7) is -3.59. The van der Waals surface area contributed by atoms with E-state index in [-0.39, 0.29) is 19.6 Å². The van der Waals surface area contributed by atoms with Gasteiger partial charge in [-0.25, -0.2) is 11.0 Å². The van der Waals surface area contributed by atoms with Gasteiger partial charge in [-0.2, -0.15) is 0 Å². The van der Waals surface area contributed by atoms with Crippen molar-refractivity contribution in [3.63, 3.8) is 0 Å². The fourth-order valence-electron chi connectivity index (χ4n) is 5.14. The number of aliphatic hydroxyl groups excluding tert-OH is 16. The molecule has 12 atom stereocenters. The second-order valence-electron chi connectivity index (χ2n) is 12.4. The van der Waals surface area contributed by atoms with Gasteiger partial charge in [0.05, 0.1) is 39.8 Å². The van der Waals surface area contributed by atoms with Crippen molar-refractivity contribution in [3.05, 3.63) is 0 Å². The summed E-state index contributed by atoms with van der Waals surface area (Å²) in [6, 6.07) is 0. The summed E-state index contributed by atoms with van der Waals surface area (Å²) in [5.41, 5.74) is 4.67. The molecule has 22 nitrogen and oxygen atoms in total. The van der Waals surface area contributed by atoms with Crippen molar-refractivity contribution in [1.29, 1.82) is 0 Å². The third kappa shape index (κ3) is 18.3. The molecule has 308 valence electrons. The molecule has 0 aliphatic carbocycles. The molecule has 0 aliphatic rings. The van der Waals surface area contributed by atoms with Crippen LogP contribution >= 0.6 is 0 Å². The Kier molecular flexibility index (Phi) is 27.2. The molecule has 51 heavy (non-hydrogen) atoms. The van der Waals surface area contributed by atoms with Crippen LogP contribution in [0.3, 0.4) is 0 Å². The number of rotatable bonds is 33. The van der Waals surface area contributed by atoms with E-state index in [0.29, 0.717) is 38.5 Å². The Bertz CT molecular complexity index is 806. The third-order valence-corrected chi connectivity index (χ3v) is 8.65. The average Bonchev–Trinajstić information content (AvgIpc) is 3.15. The lowest BCUT2D eigenvalue weighted by Gasteiger charge is -2.36. The summed E-state index contributed by atoms with van der Waals surface area (Å²) >= 11 is 0. The van der Waals surface area contributed by atoms with E-state index in [1.54, 1.807) is 7.05 Å². The van der Waals surface area contributed by atoms with Crippen LogP contribution in [0.4, 0.5) is 0 Å². The molecule has 0 spiro atoms. The van der Waals surface area contributed by atoms with E-state index >= 15 is 0 Å².